The Bertz CT molecular complexity index is 6670. The SMILES string of the molecule is CC(=O)N1CCN(Cc2c(-c3ccc(Cl)cc3Cl)nc3cnc(C(C)C)cn23)CC1.CN(c1ccc2nc(-c3ccc(Cl)cc3Cl)c(CN3CCNC(=O)C3)n2c1)S(C)(=O)=O.CS(=O)(=O)Nc1ccc2nc(-c3ccc(Cl)cc3Cl)c(CN3CCN(C(=O)c4ccnnc4)CC3)n2c1.CS(=O)(=O)Nc1ccc2nc(-c3ccc(Cl)cc3Cl)c(CN3CCOCC3)n2c1. The highest BCUT2D eigenvalue weighted by Gasteiger charge is 2.31. The molecule has 0 unspecified atom stereocenters. The second-order valence-corrected chi connectivity index (χ2v) is 40.0. The number of ether oxygens (including phenoxy) is 1. The van der Waals surface area contributed by atoms with Crippen LogP contribution in [0.5, 0.6) is 0 Å². The van der Waals surface area contributed by atoms with E-state index < -0.39 is 30.1 Å². The molecule has 668 valence electrons. The molecule has 4 aliphatic rings. The first-order valence-electron chi connectivity index (χ1n) is 40.1. The molecule has 17 rings (SSSR count). The number of rotatable bonds is 20. The zero-order valence-electron chi connectivity index (χ0n) is 69.9. The third-order valence-electron chi connectivity index (χ3n) is 21.6. The van der Waals surface area contributed by atoms with Crippen molar-refractivity contribution in [2.45, 2.75) is 52.9 Å². The van der Waals surface area contributed by atoms with Crippen molar-refractivity contribution < 1.29 is 44.4 Å². The summed E-state index contributed by atoms with van der Waals surface area (Å²) in [7, 11) is -8.77. The Morgan fingerprint density at radius 3 is 1.27 bits per heavy atom. The largest absolute Gasteiger partial charge is 0.379 e. The topological polar surface area (TPSA) is 330 Å². The van der Waals surface area contributed by atoms with E-state index in [4.69, 9.17) is 117 Å². The lowest BCUT2D eigenvalue weighted by atomic mass is 10.1. The number of hydrogen-bond acceptors (Lipinski definition) is 21. The molecule has 4 fully saturated rings. The number of hydrogen-bond donors (Lipinski definition) is 3. The fourth-order valence-electron chi connectivity index (χ4n) is 15.1. The van der Waals surface area contributed by atoms with Crippen molar-refractivity contribution in [2.24, 2.45) is 0 Å². The van der Waals surface area contributed by atoms with E-state index >= 15 is 0 Å². The monoisotopic (exact) mass is 1940 g/mol. The van der Waals surface area contributed by atoms with Crippen molar-refractivity contribution in [3.8, 4) is 45.0 Å². The summed E-state index contributed by atoms with van der Waals surface area (Å²) in [6.45, 7) is 18.2. The maximum atomic E-state index is 12.8. The van der Waals surface area contributed by atoms with Gasteiger partial charge in [-0.2, -0.15) is 10.2 Å². The molecule has 42 heteroatoms. The predicted octanol–water partition coefficient (Wildman–Crippen LogP) is 14.1. The predicted molar refractivity (Wildman–Crippen MR) is 500 cm³/mol. The summed E-state index contributed by atoms with van der Waals surface area (Å²) in [5, 5.41) is 14.5. The lowest BCUT2D eigenvalue weighted by Crippen LogP contribution is -2.48. The number of fused-ring (bicyclic) bond motifs is 4. The molecule has 0 atom stereocenters. The Hall–Kier alpha value is -9.57. The lowest BCUT2D eigenvalue weighted by molar-refractivity contribution is -0.130. The number of piperazine rings is 3. The van der Waals surface area contributed by atoms with E-state index in [0.29, 0.717) is 181 Å². The maximum Gasteiger partial charge on any atom is 0.255 e. The van der Waals surface area contributed by atoms with E-state index in [1.807, 2.05) is 59.5 Å². The fraction of sp³-hybridized carbons (Fsp3) is 0.318. The van der Waals surface area contributed by atoms with Gasteiger partial charge < -0.3 is 19.9 Å². The number of aromatic nitrogens is 11. The summed E-state index contributed by atoms with van der Waals surface area (Å²) < 4.78 is 90.4. The molecule has 9 aromatic heterocycles. The molecule has 3 amide bonds. The quantitative estimate of drug-likeness (QED) is 0.0638. The summed E-state index contributed by atoms with van der Waals surface area (Å²) >= 11 is 50.4. The van der Waals surface area contributed by atoms with E-state index in [2.05, 4.69) is 69.1 Å². The van der Waals surface area contributed by atoms with Crippen molar-refractivity contribution in [3.63, 3.8) is 0 Å². The highest BCUT2D eigenvalue weighted by Crippen LogP contribution is 2.40. The smallest absolute Gasteiger partial charge is 0.255 e. The number of carbonyl (C=O) groups is 3. The number of halogens is 8. The summed E-state index contributed by atoms with van der Waals surface area (Å²) in [4.78, 5) is 72.7. The van der Waals surface area contributed by atoms with Gasteiger partial charge in [0.1, 0.15) is 16.9 Å². The Labute approximate surface area is 774 Å². The van der Waals surface area contributed by atoms with Gasteiger partial charge in [0.05, 0.1) is 151 Å². The van der Waals surface area contributed by atoms with Crippen molar-refractivity contribution in [3.05, 3.63) is 233 Å². The van der Waals surface area contributed by atoms with Gasteiger partial charge >= 0.3 is 0 Å². The zero-order valence-corrected chi connectivity index (χ0v) is 78.4. The molecule has 3 N–H and O–H groups in total. The minimum absolute atomic E-state index is 0.0383. The molecule has 13 heterocycles. The van der Waals surface area contributed by atoms with E-state index in [1.54, 1.807) is 115 Å². The number of benzene rings is 4. The van der Waals surface area contributed by atoms with Crippen LogP contribution < -0.4 is 19.1 Å². The molecule has 0 aliphatic carbocycles. The minimum Gasteiger partial charge on any atom is -0.379 e. The van der Waals surface area contributed by atoms with Gasteiger partial charge in [0.15, 0.2) is 5.65 Å². The van der Waals surface area contributed by atoms with Gasteiger partial charge in [-0.25, -0.2) is 45.2 Å². The van der Waals surface area contributed by atoms with Crippen LogP contribution in [-0.4, -0.2) is 249 Å². The first-order chi connectivity index (χ1) is 60.4. The summed E-state index contributed by atoms with van der Waals surface area (Å²) in [5.74, 6) is 0.329. The first kappa shape index (κ1) is 93.6. The van der Waals surface area contributed by atoms with Gasteiger partial charge in [-0.3, -0.25) is 70.3 Å². The summed E-state index contributed by atoms with van der Waals surface area (Å²) in [6.07, 6.45) is 15.4. The summed E-state index contributed by atoms with van der Waals surface area (Å²) in [6, 6.07) is 33.3. The third kappa shape index (κ3) is 23.2. The zero-order chi connectivity index (χ0) is 90.5. The number of pyridine rings is 3. The van der Waals surface area contributed by atoms with Crippen LogP contribution in [0.3, 0.4) is 0 Å². The first-order valence-corrected chi connectivity index (χ1v) is 48.8. The fourth-order valence-corrected chi connectivity index (χ4v) is 18.6. The molecule has 4 aliphatic heterocycles. The Morgan fingerprint density at radius 2 is 0.874 bits per heavy atom. The highest BCUT2D eigenvalue weighted by molar-refractivity contribution is 7.92. The second kappa shape index (κ2) is 40.2. The molecule has 4 aromatic carbocycles. The Morgan fingerprint density at radius 1 is 0.472 bits per heavy atom. The van der Waals surface area contributed by atoms with Crippen LogP contribution >= 0.6 is 92.8 Å². The number of carbonyl (C=O) groups excluding carboxylic acids is 3. The molecule has 0 radical (unpaired) electrons. The minimum atomic E-state index is -3.46. The van der Waals surface area contributed by atoms with E-state index in [-0.39, 0.29) is 24.3 Å². The average molecular weight is 1940 g/mol. The van der Waals surface area contributed by atoms with Gasteiger partial charge in [-0.05, 0) is 121 Å². The number of nitrogens with zero attached hydrogens (tertiary/aromatic N) is 18. The Balaban J connectivity index is 0.000000138. The van der Waals surface area contributed by atoms with Crippen LogP contribution in [0.2, 0.25) is 40.2 Å². The Kier molecular flexibility index (Phi) is 29.6. The summed E-state index contributed by atoms with van der Waals surface area (Å²) in [5.41, 5.74) is 15.3. The average Bonchev–Trinajstić information content (AvgIpc) is 1.63. The van der Waals surface area contributed by atoms with Gasteiger partial charge in [-0.1, -0.05) is 107 Å². The van der Waals surface area contributed by atoms with Crippen molar-refractivity contribution in [1.29, 1.82) is 0 Å². The van der Waals surface area contributed by atoms with Crippen molar-refractivity contribution >= 4 is 180 Å². The molecule has 4 saturated heterocycles. The van der Waals surface area contributed by atoms with Gasteiger partial charge in [0, 0.05) is 186 Å². The third-order valence-corrected chi connectivity index (χ3v) is 26.2. The number of morpholine rings is 1. The number of anilines is 3. The molecule has 31 nitrogen and oxygen atoms in total. The number of sulfonamides is 3. The van der Waals surface area contributed by atoms with Gasteiger partial charge in [-0.15, -0.1) is 0 Å². The van der Waals surface area contributed by atoms with Crippen LogP contribution in [0.4, 0.5) is 17.1 Å². The van der Waals surface area contributed by atoms with E-state index in [9.17, 15) is 39.6 Å². The normalized spacial score (nSPS) is 15.2. The van der Waals surface area contributed by atoms with Crippen LogP contribution in [0.15, 0.2) is 159 Å². The van der Waals surface area contributed by atoms with Crippen LogP contribution in [0.25, 0.3) is 67.6 Å². The molecule has 0 saturated carbocycles. The lowest BCUT2D eigenvalue weighted by Gasteiger charge is -2.34. The molecule has 127 heavy (non-hydrogen) atoms. The van der Waals surface area contributed by atoms with Crippen LogP contribution in [0.1, 0.15) is 65.5 Å². The van der Waals surface area contributed by atoms with Crippen LogP contribution in [0, 0.1) is 0 Å². The molecule has 0 bridgehead atoms. The standard InChI is InChI=1S/C24H23Cl2N7O3S.C22H25Cl2N5O.C20H21Cl2N5O3S.C19H20Cl2N4O3S/c1-37(35,36)30-18-3-5-22-29-23(19-4-2-17(25)12-20(19)26)21(33(22)14-18)15-31-8-10-32(11-9-31)24(34)16-6-7-27-28-13-16;1-14(2)19-12-29-20(13-27-6-8-28(9-7-27)15(3)30)22(26-21(29)11-25-19)17-5-4-16(23)10-18(17)24;1-25(31(2,29)30)14-4-6-18-24-20(15-5-3-13(21)9-16(15)22)17(27(18)10-14)11-26-8-7-23-19(28)12-26;1-29(26,27)23-14-3-5-18-22-19(15-4-2-13(20)10-16(15)21)17(25(18)11-14)12-24-6-8-28-9-7-24/h2-7,12-14,30H,8-11,15H2,1H3;4-5,10-12,14H,6-9,13H2,1-3H3;3-6,9-10H,7-8,11-12H2,1-2H3,(H,23,28);2-5,10-11,23H,6-9,12H2,1H3. The van der Waals surface area contributed by atoms with Gasteiger partial charge in [0.2, 0.25) is 41.9 Å². The van der Waals surface area contributed by atoms with Crippen molar-refractivity contribution in [2.75, 3.05) is 138 Å². The van der Waals surface area contributed by atoms with Crippen molar-refractivity contribution in [1.82, 2.24) is 87.4 Å². The van der Waals surface area contributed by atoms with Gasteiger partial charge in [0.25, 0.3) is 5.91 Å². The molecular weight excluding hydrogens is 1850 g/mol. The number of nitrogens with one attached hydrogen (secondary N) is 3. The van der Waals surface area contributed by atoms with Crippen LogP contribution in [-0.2, 0) is 70.6 Å². The van der Waals surface area contributed by atoms with E-state index in [0.717, 1.165) is 120 Å². The van der Waals surface area contributed by atoms with E-state index in [1.165, 1.54) is 23.7 Å². The molecule has 0 spiro atoms. The number of amides is 3. The second-order valence-electron chi connectivity index (χ2n) is 31.1. The highest BCUT2D eigenvalue weighted by atomic mass is 35.5. The molecular formula is C85H89Cl8N21O10S3. The maximum absolute atomic E-state index is 12.8. The number of imidazole rings is 4. The molecule has 13 aromatic rings.